The summed E-state index contributed by atoms with van der Waals surface area (Å²) in [6, 6.07) is 3.26. The number of rotatable bonds is 2. The Balaban J connectivity index is 3.03. The van der Waals surface area contributed by atoms with Gasteiger partial charge in [0.1, 0.15) is 6.10 Å². The van der Waals surface area contributed by atoms with Crippen molar-refractivity contribution in [1.82, 2.24) is 0 Å². The van der Waals surface area contributed by atoms with Crippen molar-refractivity contribution in [3.8, 4) is 0 Å². The van der Waals surface area contributed by atoms with Crippen LogP contribution < -0.4 is 0 Å². The lowest BCUT2D eigenvalue weighted by Gasteiger charge is -2.12. The quantitative estimate of drug-likeness (QED) is 0.768. The molecular formula is C9H7F5O. The van der Waals surface area contributed by atoms with Crippen LogP contribution in [-0.2, 0) is 6.18 Å². The van der Waals surface area contributed by atoms with Gasteiger partial charge in [0.2, 0.25) is 0 Å². The zero-order chi connectivity index (χ0) is 11.6. The highest BCUT2D eigenvalue weighted by atomic mass is 19.4. The van der Waals surface area contributed by atoms with E-state index in [1.807, 2.05) is 0 Å². The zero-order valence-electron chi connectivity index (χ0n) is 7.30. The Morgan fingerprint density at radius 2 is 1.73 bits per heavy atom. The van der Waals surface area contributed by atoms with Crippen LogP contribution in [0.1, 0.15) is 17.2 Å². The molecule has 0 spiro atoms. The molecule has 0 aliphatic heterocycles. The molecule has 0 saturated carbocycles. The molecule has 0 aliphatic rings. The van der Waals surface area contributed by atoms with E-state index in [9.17, 15) is 22.0 Å². The van der Waals surface area contributed by atoms with E-state index in [0.717, 1.165) is 18.2 Å². The topological polar surface area (TPSA) is 20.2 Å². The molecule has 1 nitrogen and oxygen atoms in total. The molecule has 84 valence electrons. The summed E-state index contributed by atoms with van der Waals surface area (Å²) in [7, 11) is 0. The fourth-order valence-corrected chi connectivity index (χ4v) is 1.04. The first-order valence-electron chi connectivity index (χ1n) is 3.95. The first-order chi connectivity index (χ1) is 6.82. The lowest BCUT2D eigenvalue weighted by atomic mass is 10.1. The molecule has 0 radical (unpaired) electrons. The molecule has 0 aromatic heterocycles. The molecule has 0 bridgehead atoms. The number of halogens is 5. The maximum atomic E-state index is 12.2. The molecule has 1 aromatic carbocycles. The largest absolute Gasteiger partial charge is 0.416 e. The van der Waals surface area contributed by atoms with Crippen molar-refractivity contribution in [2.75, 3.05) is 0 Å². The van der Waals surface area contributed by atoms with E-state index < -0.39 is 29.8 Å². The summed E-state index contributed by atoms with van der Waals surface area (Å²) < 4.78 is 60.5. The molecular weight excluding hydrogens is 219 g/mol. The van der Waals surface area contributed by atoms with Gasteiger partial charge in [-0.25, -0.2) is 8.78 Å². The lowest BCUT2D eigenvalue weighted by Crippen LogP contribution is -2.11. The highest BCUT2D eigenvalue weighted by Gasteiger charge is 2.31. The number of hydrogen-bond donors (Lipinski definition) is 1. The minimum Gasteiger partial charge on any atom is -0.382 e. The normalized spacial score (nSPS) is 14.3. The second kappa shape index (κ2) is 4.14. The zero-order valence-corrected chi connectivity index (χ0v) is 7.30. The summed E-state index contributed by atoms with van der Waals surface area (Å²) in [4.78, 5) is 0. The van der Waals surface area contributed by atoms with Gasteiger partial charge in [0.15, 0.2) is 0 Å². The van der Waals surface area contributed by atoms with Gasteiger partial charge in [-0.2, -0.15) is 13.2 Å². The smallest absolute Gasteiger partial charge is 0.382 e. The van der Waals surface area contributed by atoms with Crippen LogP contribution in [0.5, 0.6) is 0 Å². The van der Waals surface area contributed by atoms with Gasteiger partial charge in [-0.05, 0) is 17.7 Å². The third-order valence-corrected chi connectivity index (χ3v) is 1.79. The van der Waals surface area contributed by atoms with Gasteiger partial charge in [0.05, 0.1) is 5.56 Å². The summed E-state index contributed by atoms with van der Waals surface area (Å²) in [5.41, 5.74) is -1.50. The minimum atomic E-state index is -4.60. The Morgan fingerprint density at radius 3 is 2.20 bits per heavy atom. The predicted molar refractivity (Wildman–Crippen MR) is 42.4 cm³/mol. The molecule has 0 aliphatic carbocycles. The molecule has 1 rings (SSSR count). The Hall–Kier alpha value is -1.17. The second-order valence-electron chi connectivity index (χ2n) is 2.90. The number of alkyl halides is 5. The van der Waals surface area contributed by atoms with Crippen molar-refractivity contribution >= 4 is 0 Å². The molecule has 15 heavy (non-hydrogen) atoms. The molecule has 6 heteroatoms. The van der Waals surface area contributed by atoms with Gasteiger partial charge in [0.25, 0.3) is 6.43 Å². The van der Waals surface area contributed by atoms with Crippen molar-refractivity contribution in [3.05, 3.63) is 35.4 Å². The average molecular weight is 226 g/mol. The number of aliphatic hydroxyl groups excluding tert-OH is 1. The Labute approximate surface area is 82.1 Å². The van der Waals surface area contributed by atoms with Gasteiger partial charge >= 0.3 is 6.18 Å². The van der Waals surface area contributed by atoms with Crippen LogP contribution in [0.4, 0.5) is 22.0 Å². The highest BCUT2D eigenvalue weighted by Crippen LogP contribution is 2.31. The van der Waals surface area contributed by atoms with Crippen LogP contribution in [0.15, 0.2) is 24.3 Å². The van der Waals surface area contributed by atoms with Crippen LogP contribution >= 0.6 is 0 Å². The van der Waals surface area contributed by atoms with Gasteiger partial charge in [0, 0.05) is 0 Å². The maximum absolute atomic E-state index is 12.2. The molecule has 0 heterocycles. The van der Waals surface area contributed by atoms with E-state index in [2.05, 4.69) is 0 Å². The molecule has 1 atom stereocenters. The fourth-order valence-electron chi connectivity index (χ4n) is 1.04. The van der Waals surface area contributed by atoms with Crippen LogP contribution in [0.25, 0.3) is 0 Å². The highest BCUT2D eigenvalue weighted by molar-refractivity contribution is 5.27. The third-order valence-electron chi connectivity index (χ3n) is 1.79. The molecule has 0 fully saturated rings. The van der Waals surface area contributed by atoms with E-state index in [-0.39, 0.29) is 0 Å². The molecule has 0 amide bonds. The SMILES string of the molecule is OC(c1cccc(C(F)(F)F)c1)C(F)F. The first-order valence-corrected chi connectivity index (χ1v) is 3.95. The number of aliphatic hydroxyl groups is 1. The van der Waals surface area contributed by atoms with Crippen LogP contribution in [0.2, 0.25) is 0 Å². The van der Waals surface area contributed by atoms with Crippen molar-refractivity contribution in [1.29, 1.82) is 0 Å². The summed E-state index contributed by atoms with van der Waals surface area (Å²) in [5.74, 6) is 0. The first kappa shape index (κ1) is 11.9. The summed E-state index contributed by atoms with van der Waals surface area (Å²) in [5, 5.41) is 8.87. The van der Waals surface area contributed by atoms with E-state index in [1.165, 1.54) is 0 Å². The number of hydrogen-bond acceptors (Lipinski definition) is 1. The van der Waals surface area contributed by atoms with Gasteiger partial charge in [-0.3, -0.25) is 0 Å². The molecule has 1 unspecified atom stereocenters. The van der Waals surface area contributed by atoms with Gasteiger partial charge in [-0.1, -0.05) is 12.1 Å². The Kier molecular flexibility index (Phi) is 3.28. The van der Waals surface area contributed by atoms with E-state index >= 15 is 0 Å². The monoisotopic (exact) mass is 226 g/mol. The van der Waals surface area contributed by atoms with E-state index in [0.29, 0.717) is 6.07 Å². The van der Waals surface area contributed by atoms with Crippen LogP contribution in [0, 0.1) is 0 Å². The second-order valence-corrected chi connectivity index (χ2v) is 2.90. The Morgan fingerprint density at radius 1 is 1.13 bits per heavy atom. The standard InChI is InChI=1S/C9H7F5O/c10-8(11)7(15)5-2-1-3-6(4-5)9(12,13)14/h1-4,7-8,15H. The van der Waals surface area contributed by atoms with Crippen molar-refractivity contribution in [2.45, 2.75) is 18.7 Å². The molecule has 1 N–H and O–H groups in total. The predicted octanol–water partition coefficient (Wildman–Crippen LogP) is 3.00. The minimum absolute atomic E-state index is 0.445. The average Bonchev–Trinajstić information content (AvgIpc) is 2.15. The molecule has 0 saturated heterocycles. The summed E-state index contributed by atoms with van der Waals surface area (Å²) >= 11 is 0. The fraction of sp³-hybridized carbons (Fsp3) is 0.333. The molecule has 1 aromatic rings. The van der Waals surface area contributed by atoms with Crippen molar-refractivity contribution < 1.29 is 27.1 Å². The lowest BCUT2D eigenvalue weighted by molar-refractivity contribution is -0.137. The number of benzene rings is 1. The maximum Gasteiger partial charge on any atom is 0.416 e. The van der Waals surface area contributed by atoms with Crippen LogP contribution in [-0.4, -0.2) is 11.5 Å². The van der Waals surface area contributed by atoms with E-state index in [1.54, 1.807) is 0 Å². The van der Waals surface area contributed by atoms with Crippen molar-refractivity contribution in [2.24, 2.45) is 0 Å². The third kappa shape index (κ3) is 2.89. The summed E-state index contributed by atoms with van der Waals surface area (Å²) in [6.07, 6.45) is -9.89. The van der Waals surface area contributed by atoms with Gasteiger partial charge in [-0.15, -0.1) is 0 Å². The summed E-state index contributed by atoms with van der Waals surface area (Å²) in [6.45, 7) is 0. The van der Waals surface area contributed by atoms with Crippen LogP contribution in [0.3, 0.4) is 0 Å². The van der Waals surface area contributed by atoms with E-state index in [4.69, 9.17) is 5.11 Å². The Bertz CT molecular complexity index is 334. The van der Waals surface area contributed by atoms with Crippen molar-refractivity contribution in [3.63, 3.8) is 0 Å². The van der Waals surface area contributed by atoms with Gasteiger partial charge < -0.3 is 5.11 Å².